The number of aromatic nitrogens is 2. The van der Waals surface area contributed by atoms with Gasteiger partial charge in [0.15, 0.2) is 5.75 Å². The van der Waals surface area contributed by atoms with E-state index in [4.69, 9.17) is 10.5 Å². The van der Waals surface area contributed by atoms with Gasteiger partial charge < -0.3 is 25.9 Å². The molecule has 2 aromatic heterocycles. The summed E-state index contributed by atoms with van der Waals surface area (Å²) in [7, 11) is 0. The molecular formula is C23H21FN4O3. The van der Waals surface area contributed by atoms with Gasteiger partial charge in [-0.05, 0) is 59.5 Å². The van der Waals surface area contributed by atoms with Gasteiger partial charge in [0.1, 0.15) is 11.5 Å². The second kappa shape index (κ2) is 8.45. The van der Waals surface area contributed by atoms with E-state index in [-0.39, 0.29) is 18.2 Å². The topological polar surface area (TPSA) is 113 Å². The zero-order valence-electron chi connectivity index (χ0n) is 16.8. The van der Waals surface area contributed by atoms with Crippen LogP contribution in [-0.4, -0.2) is 21.2 Å². The van der Waals surface area contributed by atoms with Gasteiger partial charge in [0.25, 0.3) is 0 Å². The molecule has 0 unspecified atom stereocenters. The number of halogens is 1. The minimum Gasteiger partial charge on any atom is -0.407 e. The van der Waals surface area contributed by atoms with Gasteiger partial charge in [0.05, 0.1) is 18.5 Å². The first-order valence-electron chi connectivity index (χ1n) is 9.73. The SMILES string of the molecule is CCc1c(CO)cccc1Nc1c(OC(N)=O)cnc2[nH]c(-c3ccc(F)cc3)cc12. The highest BCUT2D eigenvalue weighted by Gasteiger charge is 2.17. The van der Waals surface area contributed by atoms with Crippen LogP contribution in [-0.2, 0) is 13.0 Å². The van der Waals surface area contributed by atoms with Gasteiger partial charge in [-0.15, -0.1) is 0 Å². The summed E-state index contributed by atoms with van der Waals surface area (Å²) in [5.74, 6) is -0.158. The molecule has 158 valence electrons. The number of nitrogens with zero attached hydrogens (tertiary/aromatic N) is 1. The van der Waals surface area contributed by atoms with Gasteiger partial charge in [-0.2, -0.15) is 0 Å². The quantitative estimate of drug-likeness (QED) is 0.363. The molecule has 0 aliphatic rings. The van der Waals surface area contributed by atoms with E-state index < -0.39 is 6.09 Å². The number of H-pyrrole nitrogens is 1. The summed E-state index contributed by atoms with van der Waals surface area (Å²) in [6.45, 7) is 1.90. The standard InChI is InChI=1S/C23H21FN4O3/c1-2-16-14(12-29)4-3-5-18(16)27-21-17-10-19(13-6-8-15(24)9-7-13)28-22(17)26-11-20(21)31-23(25)30/h3-11,29H,2,12H2,1H3,(H2,25,30)(H2,26,27,28). The molecule has 0 atom stereocenters. The average molecular weight is 420 g/mol. The van der Waals surface area contributed by atoms with E-state index in [1.165, 1.54) is 18.3 Å². The molecule has 4 rings (SSSR count). The number of hydrogen-bond acceptors (Lipinski definition) is 5. The van der Waals surface area contributed by atoms with Crippen LogP contribution in [0.1, 0.15) is 18.1 Å². The molecule has 1 amide bonds. The fourth-order valence-electron chi connectivity index (χ4n) is 3.61. The van der Waals surface area contributed by atoms with Gasteiger partial charge in [-0.1, -0.05) is 19.1 Å². The molecule has 0 bridgehead atoms. The molecule has 2 aromatic carbocycles. The Labute approximate surface area is 177 Å². The van der Waals surface area contributed by atoms with Crippen molar-refractivity contribution >= 4 is 28.5 Å². The number of fused-ring (bicyclic) bond motifs is 1. The van der Waals surface area contributed by atoms with Crippen molar-refractivity contribution in [3.63, 3.8) is 0 Å². The van der Waals surface area contributed by atoms with E-state index in [0.29, 0.717) is 23.1 Å². The predicted octanol–water partition coefficient (Wildman–Crippen LogP) is 4.62. The van der Waals surface area contributed by atoms with E-state index in [9.17, 15) is 14.3 Å². The third-order valence-electron chi connectivity index (χ3n) is 5.05. The Balaban J connectivity index is 1.87. The summed E-state index contributed by atoms with van der Waals surface area (Å²) < 4.78 is 18.5. The maximum absolute atomic E-state index is 13.3. The molecule has 7 nitrogen and oxygen atoms in total. The molecule has 0 saturated carbocycles. The van der Waals surface area contributed by atoms with Crippen LogP contribution in [0.2, 0.25) is 0 Å². The summed E-state index contributed by atoms with van der Waals surface area (Å²) >= 11 is 0. The van der Waals surface area contributed by atoms with Crippen molar-refractivity contribution in [1.29, 1.82) is 0 Å². The summed E-state index contributed by atoms with van der Waals surface area (Å²) in [5, 5.41) is 13.7. The molecule has 5 N–H and O–H groups in total. The third-order valence-corrected chi connectivity index (χ3v) is 5.05. The van der Waals surface area contributed by atoms with Crippen molar-refractivity contribution in [2.45, 2.75) is 20.0 Å². The molecule has 0 aliphatic carbocycles. The predicted molar refractivity (Wildman–Crippen MR) is 117 cm³/mol. The van der Waals surface area contributed by atoms with Crippen molar-refractivity contribution in [2.24, 2.45) is 5.73 Å². The van der Waals surface area contributed by atoms with Crippen LogP contribution in [0.15, 0.2) is 54.7 Å². The van der Waals surface area contributed by atoms with Crippen LogP contribution in [0, 0.1) is 5.82 Å². The number of carbonyl (C=O) groups is 1. The second-order valence-corrected chi connectivity index (χ2v) is 6.95. The zero-order chi connectivity index (χ0) is 22.0. The number of rotatable bonds is 6. The zero-order valence-corrected chi connectivity index (χ0v) is 16.8. The molecule has 0 aliphatic heterocycles. The minimum atomic E-state index is -0.960. The molecule has 0 spiro atoms. The van der Waals surface area contributed by atoms with Crippen molar-refractivity contribution < 1.29 is 19.0 Å². The highest BCUT2D eigenvalue weighted by molar-refractivity contribution is 5.98. The number of primary amides is 1. The normalized spacial score (nSPS) is 10.9. The molecule has 0 fully saturated rings. The van der Waals surface area contributed by atoms with E-state index in [1.807, 2.05) is 31.2 Å². The Hall–Kier alpha value is -3.91. The first kappa shape index (κ1) is 20.4. The largest absolute Gasteiger partial charge is 0.410 e. The Morgan fingerprint density at radius 3 is 2.71 bits per heavy atom. The first-order valence-corrected chi connectivity index (χ1v) is 9.73. The second-order valence-electron chi connectivity index (χ2n) is 6.95. The molecular weight excluding hydrogens is 399 g/mol. The van der Waals surface area contributed by atoms with E-state index in [1.54, 1.807) is 12.1 Å². The number of amides is 1. The minimum absolute atomic E-state index is 0.0893. The maximum Gasteiger partial charge on any atom is 0.410 e. The van der Waals surface area contributed by atoms with Crippen LogP contribution < -0.4 is 15.8 Å². The van der Waals surface area contributed by atoms with Gasteiger partial charge in [0.2, 0.25) is 0 Å². The number of hydrogen-bond donors (Lipinski definition) is 4. The molecule has 0 radical (unpaired) electrons. The third kappa shape index (κ3) is 4.06. The fraction of sp³-hybridized carbons (Fsp3) is 0.130. The van der Waals surface area contributed by atoms with Crippen LogP contribution in [0.4, 0.5) is 20.6 Å². The number of carbonyl (C=O) groups excluding carboxylic acids is 1. The van der Waals surface area contributed by atoms with Gasteiger partial charge in [-0.25, -0.2) is 14.2 Å². The Morgan fingerprint density at radius 2 is 2.03 bits per heavy atom. The van der Waals surface area contributed by atoms with E-state index in [2.05, 4.69) is 15.3 Å². The number of aliphatic hydroxyl groups excluding tert-OH is 1. The Bertz CT molecular complexity index is 1250. The van der Waals surface area contributed by atoms with Crippen LogP contribution >= 0.6 is 0 Å². The fourth-order valence-corrected chi connectivity index (χ4v) is 3.61. The number of benzene rings is 2. The van der Waals surface area contributed by atoms with Crippen molar-refractivity contribution in [2.75, 3.05) is 5.32 Å². The van der Waals surface area contributed by atoms with Gasteiger partial charge in [-0.3, -0.25) is 0 Å². The summed E-state index contributed by atoms with van der Waals surface area (Å²) in [5.41, 5.74) is 10.3. The monoisotopic (exact) mass is 420 g/mol. The lowest BCUT2D eigenvalue weighted by atomic mass is 10.0. The lowest BCUT2D eigenvalue weighted by Gasteiger charge is -2.16. The number of ether oxygens (including phenoxy) is 1. The van der Waals surface area contributed by atoms with Crippen molar-refractivity contribution in [1.82, 2.24) is 9.97 Å². The van der Waals surface area contributed by atoms with E-state index >= 15 is 0 Å². The first-order chi connectivity index (χ1) is 15.0. The molecule has 8 heteroatoms. The number of nitrogens with two attached hydrogens (primary N) is 1. The summed E-state index contributed by atoms with van der Waals surface area (Å²) in [6.07, 6.45) is 1.13. The average Bonchev–Trinajstić information content (AvgIpc) is 3.20. The number of nitrogens with one attached hydrogen (secondary N) is 2. The molecule has 0 saturated heterocycles. The van der Waals surface area contributed by atoms with Gasteiger partial charge in [0, 0.05) is 16.8 Å². The number of aromatic amines is 1. The van der Waals surface area contributed by atoms with Crippen LogP contribution in [0.5, 0.6) is 5.75 Å². The lowest BCUT2D eigenvalue weighted by Crippen LogP contribution is -2.17. The van der Waals surface area contributed by atoms with Crippen molar-refractivity contribution in [3.8, 4) is 17.0 Å². The lowest BCUT2D eigenvalue weighted by molar-refractivity contribution is 0.211. The Morgan fingerprint density at radius 1 is 1.26 bits per heavy atom. The molecule has 31 heavy (non-hydrogen) atoms. The number of aliphatic hydroxyl groups is 1. The molecule has 2 heterocycles. The van der Waals surface area contributed by atoms with Crippen LogP contribution in [0.25, 0.3) is 22.3 Å². The van der Waals surface area contributed by atoms with Gasteiger partial charge >= 0.3 is 6.09 Å². The van der Waals surface area contributed by atoms with Crippen LogP contribution in [0.3, 0.4) is 0 Å². The maximum atomic E-state index is 13.3. The summed E-state index contributed by atoms with van der Waals surface area (Å²) in [4.78, 5) is 19.0. The number of anilines is 2. The summed E-state index contributed by atoms with van der Waals surface area (Å²) in [6, 6.07) is 13.5. The van der Waals surface area contributed by atoms with Crippen molar-refractivity contribution in [3.05, 3.63) is 71.7 Å². The Kier molecular flexibility index (Phi) is 5.55. The smallest absolute Gasteiger partial charge is 0.407 e. The van der Waals surface area contributed by atoms with E-state index in [0.717, 1.165) is 28.1 Å². The molecule has 4 aromatic rings. The number of pyridine rings is 1. The highest BCUT2D eigenvalue weighted by atomic mass is 19.1. The highest BCUT2D eigenvalue weighted by Crippen LogP contribution is 2.38.